The van der Waals surface area contributed by atoms with Crippen molar-refractivity contribution >= 4 is 5.91 Å². The summed E-state index contributed by atoms with van der Waals surface area (Å²) in [5, 5.41) is 17.0. The molecule has 1 saturated heterocycles. The Morgan fingerprint density at radius 1 is 1.18 bits per heavy atom. The molecule has 214 valence electrons. The van der Waals surface area contributed by atoms with Gasteiger partial charge in [0, 0.05) is 37.9 Å². The van der Waals surface area contributed by atoms with Gasteiger partial charge in [-0.3, -0.25) is 20.1 Å². The number of nitrogens with one attached hydrogen (secondary N) is 4. The minimum Gasteiger partial charge on any atom is -0.432 e. The van der Waals surface area contributed by atoms with Crippen molar-refractivity contribution in [2.45, 2.75) is 89.3 Å². The molecule has 4 N–H and O–H groups in total. The second kappa shape index (κ2) is 11.3. The third-order valence-corrected chi connectivity index (χ3v) is 9.61. The fraction of sp³-hybridized carbons (Fsp3) is 0.852. The first-order valence-corrected chi connectivity index (χ1v) is 14.2. The van der Waals surface area contributed by atoms with E-state index in [4.69, 9.17) is 9.83 Å². The fourth-order valence-electron chi connectivity index (χ4n) is 7.50. The van der Waals surface area contributed by atoms with E-state index in [-0.39, 0.29) is 54.5 Å². The molecule has 4 aliphatic rings. The maximum atomic E-state index is 14.1. The van der Waals surface area contributed by atoms with Gasteiger partial charge in [0.15, 0.2) is 0 Å². The Hall–Kier alpha value is -1.88. The summed E-state index contributed by atoms with van der Waals surface area (Å²) in [7, 11) is 0. The Balaban J connectivity index is 1.33. The number of nitrogens with zero attached hydrogens (tertiary/aromatic N) is 1. The lowest BCUT2D eigenvalue weighted by molar-refractivity contribution is -0.179. The quantitative estimate of drug-likeness (QED) is 0.392. The van der Waals surface area contributed by atoms with Crippen LogP contribution in [0.15, 0.2) is 16.9 Å². The SMILES string of the molecule is CC1CC([C@@H](NC(=O)C2CC(Cn3ccoc3=N)CC(C3CNCNC3C(F)(F)F)C2)C2CC2)CCC1F. The van der Waals surface area contributed by atoms with Crippen molar-refractivity contribution in [2.75, 3.05) is 13.2 Å². The van der Waals surface area contributed by atoms with Gasteiger partial charge < -0.3 is 15.1 Å². The second-order valence-corrected chi connectivity index (χ2v) is 12.3. The molecule has 0 bridgehead atoms. The first-order valence-electron chi connectivity index (χ1n) is 14.2. The summed E-state index contributed by atoms with van der Waals surface area (Å²) in [6.07, 6.45) is 3.63. The van der Waals surface area contributed by atoms with Crippen LogP contribution in [0.1, 0.15) is 58.3 Å². The molecule has 2 heterocycles. The van der Waals surface area contributed by atoms with Gasteiger partial charge in [0.1, 0.15) is 18.5 Å². The van der Waals surface area contributed by atoms with E-state index >= 15 is 0 Å². The average Bonchev–Trinajstić information content (AvgIpc) is 3.65. The maximum absolute atomic E-state index is 14.1. The van der Waals surface area contributed by atoms with Gasteiger partial charge in [-0.15, -0.1) is 0 Å². The molecule has 1 amide bonds. The zero-order chi connectivity index (χ0) is 27.0. The third kappa shape index (κ3) is 6.29. The molecule has 0 spiro atoms. The van der Waals surface area contributed by atoms with E-state index in [9.17, 15) is 22.4 Å². The largest absolute Gasteiger partial charge is 0.432 e. The van der Waals surface area contributed by atoms with Crippen LogP contribution in [0, 0.1) is 46.8 Å². The molecule has 0 aromatic carbocycles. The highest BCUT2D eigenvalue weighted by Crippen LogP contribution is 2.45. The van der Waals surface area contributed by atoms with Crippen molar-refractivity contribution in [1.29, 1.82) is 5.41 Å². The molecular formula is C27H41F4N5O2. The van der Waals surface area contributed by atoms with Crippen LogP contribution in [-0.4, -0.2) is 48.1 Å². The van der Waals surface area contributed by atoms with Gasteiger partial charge in [-0.1, -0.05) is 6.92 Å². The number of hydrogen-bond donors (Lipinski definition) is 4. The first-order chi connectivity index (χ1) is 18.1. The highest BCUT2D eigenvalue weighted by molar-refractivity contribution is 5.79. The number of alkyl halides is 4. The van der Waals surface area contributed by atoms with E-state index in [1.165, 1.54) is 6.26 Å². The van der Waals surface area contributed by atoms with E-state index in [0.29, 0.717) is 38.1 Å². The first kappa shape index (κ1) is 27.7. The predicted molar refractivity (Wildman–Crippen MR) is 132 cm³/mol. The van der Waals surface area contributed by atoms with Crippen LogP contribution in [-0.2, 0) is 11.3 Å². The minimum atomic E-state index is -4.37. The molecule has 8 unspecified atom stereocenters. The van der Waals surface area contributed by atoms with Crippen molar-refractivity contribution in [2.24, 2.45) is 41.4 Å². The molecule has 3 saturated carbocycles. The third-order valence-electron chi connectivity index (χ3n) is 9.61. The van der Waals surface area contributed by atoms with E-state index in [1.807, 2.05) is 6.92 Å². The van der Waals surface area contributed by atoms with E-state index in [2.05, 4.69) is 16.0 Å². The van der Waals surface area contributed by atoms with Gasteiger partial charge >= 0.3 is 6.18 Å². The molecule has 1 aromatic heterocycles. The normalized spacial score (nSPS) is 37.5. The molecule has 1 aromatic rings. The van der Waals surface area contributed by atoms with Crippen molar-refractivity contribution in [3.8, 4) is 0 Å². The van der Waals surface area contributed by atoms with Crippen molar-refractivity contribution in [3.05, 3.63) is 18.1 Å². The number of oxazole rings is 1. The van der Waals surface area contributed by atoms with E-state index in [0.717, 1.165) is 25.7 Å². The zero-order valence-corrected chi connectivity index (χ0v) is 22.0. The summed E-state index contributed by atoms with van der Waals surface area (Å²) in [4.78, 5) is 13.7. The van der Waals surface area contributed by atoms with Crippen LogP contribution in [0.2, 0.25) is 0 Å². The highest BCUT2D eigenvalue weighted by atomic mass is 19.4. The Morgan fingerprint density at radius 2 is 1.95 bits per heavy atom. The number of halogens is 4. The van der Waals surface area contributed by atoms with Gasteiger partial charge in [-0.2, -0.15) is 13.2 Å². The lowest BCUT2D eigenvalue weighted by Crippen LogP contribution is -2.60. The van der Waals surface area contributed by atoms with Crippen molar-refractivity contribution < 1.29 is 26.8 Å². The van der Waals surface area contributed by atoms with Crippen molar-refractivity contribution in [3.63, 3.8) is 0 Å². The van der Waals surface area contributed by atoms with Crippen LogP contribution in [0.3, 0.4) is 0 Å². The predicted octanol–water partition coefficient (Wildman–Crippen LogP) is 3.96. The van der Waals surface area contributed by atoms with Gasteiger partial charge in [-0.25, -0.2) is 4.39 Å². The molecule has 5 rings (SSSR count). The smallest absolute Gasteiger partial charge is 0.404 e. The minimum absolute atomic E-state index is 0.00586. The molecule has 9 atom stereocenters. The summed E-state index contributed by atoms with van der Waals surface area (Å²) in [6.45, 7) is 2.73. The summed E-state index contributed by atoms with van der Waals surface area (Å²) in [5.41, 5.74) is -0.00586. The molecule has 1 aliphatic heterocycles. The number of amides is 1. The fourth-order valence-corrected chi connectivity index (χ4v) is 7.50. The van der Waals surface area contributed by atoms with Crippen LogP contribution < -0.4 is 21.6 Å². The van der Waals surface area contributed by atoms with Crippen molar-refractivity contribution in [1.82, 2.24) is 20.5 Å². The summed E-state index contributed by atoms with van der Waals surface area (Å²) < 4.78 is 62.8. The van der Waals surface area contributed by atoms with Crippen LogP contribution >= 0.6 is 0 Å². The monoisotopic (exact) mass is 543 g/mol. The number of carbonyl (C=O) groups is 1. The van der Waals surface area contributed by atoms with Gasteiger partial charge in [0.25, 0.3) is 5.68 Å². The van der Waals surface area contributed by atoms with Gasteiger partial charge in [0.05, 0.1) is 0 Å². The Bertz CT molecular complexity index is 1010. The summed E-state index contributed by atoms with van der Waals surface area (Å²) in [5.74, 6) is -0.845. The Labute approximate surface area is 221 Å². The summed E-state index contributed by atoms with van der Waals surface area (Å²) in [6, 6.07) is -1.60. The van der Waals surface area contributed by atoms with Crippen LogP contribution in [0.4, 0.5) is 17.6 Å². The molecule has 38 heavy (non-hydrogen) atoms. The van der Waals surface area contributed by atoms with Gasteiger partial charge in [-0.05, 0) is 86.9 Å². The molecule has 11 heteroatoms. The van der Waals surface area contributed by atoms with Crippen LogP contribution in [0.5, 0.6) is 0 Å². The van der Waals surface area contributed by atoms with Crippen LogP contribution in [0.25, 0.3) is 0 Å². The highest BCUT2D eigenvalue weighted by Gasteiger charge is 2.50. The number of aromatic nitrogens is 1. The van der Waals surface area contributed by atoms with E-state index < -0.39 is 30.2 Å². The Kier molecular flexibility index (Phi) is 8.24. The lowest BCUT2D eigenvalue weighted by Gasteiger charge is -2.44. The molecule has 7 nitrogen and oxygen atoms in total. The zero-order valence-electron chi connectivity index (χ0n) is 22.0. The topological polar surface area (TPSA) is 95.1 Å². The lowest BCUT2D eigenvalue weighted by atomic mass is 9.67. The molecule has 3 aliphatic carbocycles. The molecule has 0 radical (unpaired) electrons. The maximum Gasteiger partial charge on any atom is 0.404 e. The standard InChI is InChI=1S/C27H41F4N5O2/c1-15-8-18(4-5-22(15)28)23(17-2-3-17)35-25(37)20-10-16(13-36-6-7-38-26(36)32)9-19(11-20)21-12-33-14-34-24(21)27(29,30)31/h6-7,15-24,32-34H,2-5,8-14H2,1H3,(H,35,37)/t15?,16?,18?,19?,20?,21?,22?,23-,24?/m0/s1. The number of carbonyl (C=O) groups excluding carboxylic acids is 1. The average molecular weight is 544 g/mol. The summed E-state index contributed by atoms with van der Waals surface area (Å²) >= 11 is 0. The van der Waals surface area contributed by atoms with E-state index in [1.54, 1.807) is 10.8 Å². The number of rotatable bonds is 7. The second-order valence-electron chi connectivity index (χ2n) is 12.3. The molecule has 4 fully saturated rings. The van der Waals surface area contributed by atoms with Gasteiger partial charge in [0.2, 0.25) is 5.91 Å². The number of hydrogen-bond acceptors (Lipinski definition) is 5. The molecular weight excluding hydrogens is 502 g/mol. The Morgan fingerprint density at radius 3 is 2.61 bits per heavy atom.